The van der Waals surface area contributed by atoms with E-state index >= 15 is 0 Å². The van der Waals surface area contributed by atoms with Gasteiger partial charge in [-0.05, 0) is 24.3 Å². The summed E-state index contributed by atoms with van der Waals surface area (Å²) < 4.78 is 41.1. The number of carbonyl (C=O) groups is 1. The number of rotatable bonds is 0. The number of aromatic nitrogens is 2. The van der Waals surface area contributed by atoms with Crippen LogP contribution < -0.4 is 0 Å². The second-order valence-corrected chi connectivity index (χ2v) is 5.50. The lowest BCUT2D eigenvalue weighted by Crippen LogP contribution is -2.18. The number of hydrogen-bond donors (Lipinski definition) is 0. The maximum absolute atomic E-state index is 13.2. The number of alkyl halides is 3. The number of ketones is 1. The van der Waals surface area contributed by atoms with Crippen LogP contribution in [0.25, 0.3) is 16.7 Å². The second-order valence-electron chi connectivity index (χ2n) is 5.50. The van der Waals surface area contributed by atoms with Crippen LogP contribution in [0.3, 0.4) is 0 Å². The van der Waals surface area contributed by atoms with Crippen molar-refractivity contribution >= 4 is 34.4 Å². The van der Waals surface area contributed by atoms with Crippen LogP contribution in [-0.4, -0.2) is 21.5 Å². The predicted molar refractivity (Wildman–Crippen MR) is 79.4 cm³/mol. The first kappa shape index (κ1) is 13.9. The van der Waals surface area contributed by atoms with E-state index in [1.165, 1.54) is 18.5 Å². The molecular formula is C16H10F3N3O. The number of nitrogens with zero attached hydrogens (tertiary/aromatic N) is 3. The van der Waals surface area contributed by atoms with Gasteiger partial charge < -0.3 is 0 Å². The van der Waals surface area contributed by atoms with Gasteiger partial charge in [-0.25, -0.2) is 4.98 Å². The number of carbonyl (C=O) groups excluding carboxylic acids is 1. The van der Waals surface area contributed by atoms with E-state index in [9.17, 15) is 18.0 Å². The summed E-state index contributed by atoms with van der Waals surface area (Å²) in [7, 11) is 0. The fourth-order valence-electron chi connectivity index (χ4n) is 2.94. The molecular weight excluding hydrogens is 307 g/mol. The normalized spacial score (nSPS) is 20.2. The molecule has 4 nitrogen and oxygen atoms in total. The molecule has 4 rings (SSSR count). The summed E-state index contributed by atoms with van der Waals surface area (Å²) in [6.07, 6.45) is 1.44. The summed E-state index contributed by atoms with van der Waals surface area (Å²) in [4.78, 5) is 20.1. The minimum atomic E-state index is -4.49. The van der Waals surface area contributed by atoms with Crippen LogP contribution in [0.2, 0.25) is 0 Å². The number of benzene rings is 1. The minimum Gasteiger partial charge on any atom is -0.296 e. The average molecular weight is 317 g/mol. The molecule has 7 heteroatoms. The summed E-state index contributed by atoms with van der Waals surface area (Å²) in [5, 5.41) is 0. The molecule has 1 aliphatic heterocycles. The highest BCUT2D eigenvalue weighted by molar-refractivity contribution is 6.10. The summed E-state index contributed by atoms with van der Waals surface area (Å²) in [6, 6.07) is 2.32. The third kappa shape index (κ3) is 1.89. The molecule has 0 saturated carbocycles. The summed E-state index contributed by atoms with van der Waals surface area (Å²) in [5.41, 5.74) is 1.06. The molecule has 0 radical (unpaired) electrons. The molecule has 2 aromatic rings. The van der Waals surface area contributed by atoms with Gasteiger partial charge in [-0.15, -0.1) is 0 Å². The fourth-order valence-corrected chi connectivity index (χ4v) is 2.94. The standard InChI is InChI=1S/C16H10F3N3O/c1-8-9-6-20-11-3-2-10(16(17,18)19)14-15(11)22(7-21-14)12(9)4-5-13(8)23/h2-8H,1H3. The molecule has 1 aromatic carbocycles. The largest absolute Gasteiger partial charge is 0.418 e. The molecule has 23 heavy (non-hydrogen) atoms. The first-order valence-electron chi connectivity index (χ1n) is 6.95. The van der Waals surface area contributed by atoms with Gasteiger partial charge in [0.05, 0.1) is 22.5 Å². The van der Waals surface area contributed by atoms with Crippen molar-refractivity contribution in [1.29, 1.82) is 0 Å². The van der Waals surface area contributed by atoms with E-state index in [2.05, 4.69) is 9.98 Å². The fraction of sp³-hybridized carbons (Fsp3) is 0.188. The zero-order chi connectivity index (χ0) is 16.4. The smallest absolute Gasteiger partial charge is 0.296 e. The summed E-state index contributed by atoms with van der Waals surface area (Å²) in [6.45, 7) is 1.75. The molecule has 1 aromatic heterocycles. The van der Waals surface area contributed by atoms with E-state index in [1.54, 1.807) is 23.8 Å². The van der Waals surface area contributed by atoms with Crippen LogP contribution >= 0.6 is 0 Å². The number of hydrogen-bond acceptors (Lipinski definition) is 3. The highest BCUT2D eigenvalue weighted by Gasteiger charge is 2.35. The topological polar surface area (TPSA) is 47.2 Å². The van der Waals surface area contributed by atoms with Crippen LogP contribution in [0.5, 0.6) is 0 Å². The van der Waals surface area contributed by atoms with Crippen molar-refractivity contribution in [2.45, 2.75) is 13.1 Å². The van der Waals surface area contributed by atoms with Gasteiger partial charge in [0, 0.05) is 17.7 Å². The van der Waals surface area contributed by atoms with E-state index in [4.69, 9.17) is 0 Å². The number of halogens is 3. The third-order valence-electron chi connectivity index (χ3n) is 4.18. The molecule has 2 heterocycles. The van der Waals surface area contributed by atoms with Gasteiger partial charge in [0.2, 0.25) is 0 Å². The van der Waals surface area contributed by atoms with Gasteiger partial charge in [0.1, 0.15) is 11.8 Å². The lowest BCUT2D eigenvalue weighted by Gasteiger charge is -2.18. The SMILES string of the molecule is CC1C(=O)C=CC2=C1C=Nc1ccc(C(F)(F)F)c3ncn2c13. The Bertz CT molecular complexity index is 947. The highest BCUT2D eigenvalue weighted by atomic mass is 19.4. The van der Waals surface area contributed by atoms with Gasteiger partial charge in [0.25, 0.3) is 0 Å². The highest BCUT2D eigenvalue weighted by Crippen LogP contribution is 2.40. The van der Waals surface area contributed by atoms with Crippen LogP contribution in [-0.2, 0) is 11.0 Å². The van der Waals surface area contributed by atoms with Gasteiger partial charge in [-0.3, -0.25) is 14.4 Å². The van der Waals surface area contributed by atoms with Gasteiger partial charge in [-0.1, -0.05) is 6.92 Å². The number of allylic oxidation sites excluding steroid dienone is 4. The maximum Gasteiger partial charge on any atom is 0.418 e. The van der Waals surface area contributed by atoms with Gasteiger partial charge in [-0.2, -0.15) is 13.2 Å². The number of imidazole rings is 1. The molecule has 2 aliphatic rings. The van der Waals surface area contributed by atoms with Crippen molar-refractivity contribution < 1.29 is 18.0 Å². The zero-order valence-corrected chi connectivity index (χ0v) is 11.9. The minimum absolute atomic E-state index is 0.0616. The Morgan fingerprint density at radius 3 is 2.74 bits per heavy atom. The van der Waals surface area contributed by atoms with Crippen molar-refractivity contribution in [3.63, 3.8) is 0 Å². The van der Waals surface area contributed by atoms with E-state index in [0.717, 1.165) is 6.07 Å². The van der Waals surface area contributed by atoms with Gasteiger partial charge >= 0.3 is 6.18 Å². The van der Waals surface area contributed by atoms with Crippen molar-refractivity contribution in [1.82, 2.24) is 9.55 Å². The molecule has 0 spiro atoms. The second kappa shape index (κ2) is 4.41. The lowest BCUT2D eigenvalue weighted by atomic mass is 9.91. The molecule has 0 fully saturated rings. The number of fused-ring (bicyclic) bond motifs is 1. The molecule has 1 unspecified atom stereocenters. The average Bonchev–Trinajstić information content (AvgIpc) is 2.84. The molecule has 1 aliphatic carbocycles. The predicted octanol–water partition coefficient (Wildman–Crippen LogP) is 3.76. The molecule has 116 valence electrons. The quantitative estimate of drug-likeness (QED) is 0.743. The molecule has 0 N–H and O–H groups in total. The van der Waals surface area contributed by atoms with Crippen LogP contribution in [0.15, 0.2) is 41.2 Å². The van der Waals surface area contributed by atoms with E-state index in [-0.39, 0.29) is 11.3 Å². The molecule has 0 bridgehead atoms. The van der Waals surface area contributed by atoms with Crippen LogP contribution in [0.1, 0.15) is 12.5 Å². The summed E-state index contributed by atoms with van der Waals surface area (Å²) in [5.74, 6) is -0.457. The first-order valence-corrected chi connectivity index (χ1v) is 6.95. The van der Waals surface area contributed by atoms with Gasteiger partial charge in [0.15, 0.2) is 5.78 Å². The number of aliphatic imine (C=N–C) groups is 1. The Labute approximate surface area is 128 Å². The zero-order valence-electron chi connectivity index (χ0n) is 11.9. The molecule has 1 atom stereocenters. The van der Waals surface area contributed by atoms with E-state index in [1.807, 2.05) is 0 Å². The molecule has 0 saturated heterocycles. The first-order chi connectivity index (χ1) is 10.9. The Balaban J connectivity index is 2.06. The Kier molecular flexibility index (Phi) is 2.67. The maximum atomic E-state index is 13.2. The van der Waals surface area contributed by atoms with E-state index in [0.29, 0.717) is 22.5 Å². The Hall–Kier alpha value is -2.70. The Morgan fingerprint density at radius 1 is 1.22 bits per heavy atom. The van der Waals surface area contributed by atoms with Crippen LogP contribution in [0.4, 0.5) is 18.9 Å². The van der Waals surface area contributed by atoms with Crippen molar-refractivity contribution in [2.75, 3.05) is 0 Å². The van der Waals surface area contributed by atoms with Crippen LogP contribution in [0, 0.1) is 5.92 Å². The van der Waals surface area contributed by atoms with Crippen molar-refractivity contribution in [2.24, 2.45) is 10.9 Å². The van der Waals surface area contributed by atoms with Crippen molar-refractivity contribution in [3.8, 4) is 0 Å². The summed E-state index contributed by atoms with van der Waals surface area (Å²) >= 11 is 0. The monoisotopic (exact) mass is 317 g/mol. The lowest BCUT2D eigenvalue weighted by molar-refractivity contribution is -0.136. The third-order valence-corrected chi connectivity index (χ3v) is 4.18. The van der Waals surface area contributed by atoms with Crippen molar-refractivity contribution in [3.05, 3.63) is 41.7 Å². The van der Waals surface area contributed by atoms with E-state index < -0.39 is 17.7 Å². The molecule has 0 amide bonds. The Morgan fingerprint density at radius 2 is 2.00 bits per heavy atom.